The van der Waals surface area contributed by atoms with E-state index in [1.807, 2.05) is 0 Å². The maximum atomic E-state index is 2.58. The van der Waals surface area contributed by atoms with Crippen molar-refractivity contribution in [2.45, 2.75) is 67.2 Å². The van der Waals surface area contributed by atoms with Gasteiger partial charge >= 0.3 is 0 Å². The van der Waals surface area contributed by atoms with Gasteiger partial charge < -0.3 is 9.80 Å². The maximum Gasteiger partial charge on any atom is 0.0569 e. The zero-order valence-electron chi connectivity index (χ0n) is 42.7. The molecule has 0 heterocycles. The molecule has 0 atom stereocenters. The first-order valence-electron chi connectivity index (χ1n) is 25.7. The number of anilines is 6. The maximum absolute atomic E-state index is 2.58. The van der Waals surface area contributed by atoms with Crippen LogP contribution in [0.4, 0.5) is 34.1 Å². The van der Waals surface area contributed by atoms with E-state index in [1.54, 1.807) is 0 Å². The molecule has 0 amide bonds. The van der Waals surface area contributed by atoms with Crippen LogP contribution in [0.25, 0.3) is 76.1 Å². The van der Waals surface area contributed by atoms with E-state index < -0.39 is 0 Å². The largest absolute Gasteiger partial charge is 0.309 e. The monoisotopic (exact) mass is 928 g/mol. The number of benzene rings is 12. The SMILES string of the molecule is Cc1ccc2ccc(C)c(N(c3ccc(-c4ccccc4)cc3)c3cc(C(C)C)c4ccc5c(N(c6ccc(-c7ccccc7)cc6)c6c(C)ccc7ccc(C)cc67)cc(C(C)C)c6ccc3c4c65)c2c1. The number of hydrogen-bond acceptors (Lipinski definition) is 2. The molecule has 12 aromatic carbocycles. The van der Waals surface area contributed by atoms with Crippen molar-refractivity contribution < 1.29 is 0 Å². The van der Waals surface area contributed by atoms with Crippen LogP contribution >= 0.6 is 0 Å². The van der Waals surface area contributed by atoms with Gasteiger partial charge in [0.1, 0.15) is 0 Å². The highest BCUT2D eigenvalue weighted by Gasteiger charge is 2.28. The fourth-order valence-electron chi connectivity index (χ4n) is 11.6. The Bertz CT molecular complexity index is 3720. The molecular formula is C70H60N2. The van der Waals surface area contributed by atoms with Crippen LogP contribution in [0.3, 0.4) is 0 Å². The van der Waals surface area contributed by atoms with Gasteiger partial charge in [0.05, 0.1) is 22.7 Å². The minimum absolute atomic E-state index is 0.261. The fourth-order valence-corrected chi connectivity index (χ4v) is 11.6. The first-order valence-corrected chi connectivity index (χ1v) is 25.7. The van der Waals surface area contributed by atoms with Gasteiger partial charge in [-0.05, 0) is 165 Å². The number of fused-ring (bicyclic) bond motifs is 2. The molecule has 0 N–H and O–H groups in total. The molecule has 0 aliphatic heterocycles. The second kappa shape index (κ2) is 17.9. The van der Waals surface area contributed by atoms with Crippen molar-refractivity contribution in [2.24, 2.45) is 0 Å². The van der Waals surface area contributed by atoms with Gasteiger partial charge in [-0.15, -0.1) is 0 Å². The minimum Gasteiger partial charge on any atom is -0.309 e. The molecule has 2 heteroatoms. The van der Waals surface area contributed by atoms with E-state index in [0.717, 1.165) is 11.4 Å². The van der Waals surface area contributed by atoms with E-state index in [-0.39, 0.29) is 11.8 Å². The molecule has 0 spiro atoms. The third kappa shape index (κ3) is 7.56. The van der Waals surface area contributed by atoms with Crippen LogP contribution in [0.5, 0.6) is 0 Å². The average molecular weight is 929 g/mol. The number of hydrogen-bond donors (Lipinski definition) is 0. The summed E-state index contributed by atoms with van der Waals surface area (Å²) in [5, 5.41) is 12.7. The molecule has 0 bridgehead atoms. The third-order valence-electron chi connectivity index (χ3n) is 15.3. The van der Waals surface area contributed by atoms with Crippen LogP contribution in [0.2, 0.25) is 0 Å². The summed E-state index contributed by atoms with van der Waals surface area (Å²) in [6.07, 6.45) is 0. The van der Waals surface area contributed by atoms with E-state index in [4.69, 9.17) is 0 Å². The lowest BCUT2D eigenvalue weighted by atomic mass is 9.83. The molecule has 0 saturated heterocycles. The predicted molar refractivity (Wildman–Crippen MR) is 313 cm³/mol. The second-order valence-corrected chi connectivity index (χ2v) is 20.8. The molecule has 2 nitrogen and oxygen atoms in total. The standard InChI is InChI=1S/C70H60N2/c1-43(2)61-41-65(71(55-31-27-51(28-32-55)49-15-11-9-12-16-49)69-47(7)21-25-53-23-19-45(5)39-63(53)69)59-38-36-58-62(44(3)4)42-66(60-37-35-57(61)67(59)68(58)60)72(56-33-29-52(30-34-56)50-17-13-10-14-18-50)70-48(8)22-26-54-24-20-46(6)40-64(54)70/h9-44H,1-8H3. The molecule has 0 aromatic heterocycles. The lowest BCUT2D eigenvalue weighted by molar-refractivity contribution is 0.875. The molecule has 0 aliphatic carbocycles. The quantitative estimate of drug-likeness (QED) is 0.126. The van der Waals surface area contributed by atoms with Crippen LogP contribution in [0, 0.1) is 27.7 Å². The lowest BCUT2D eigenvalue weighted by Crippen LogP contribution is -2.15. The van der Waals surface area contributed by atoms with E-state index in [0.29, 0.717) is 0 Å². The summed E-state index contributed by atoms with van der Waals surface area (Å²) in [6.45, 7) is 18.4. The molecular weight excluding hydrogens is 869 g/mol. The Balaban J connectivity index is 1.19. The van der Waals surface area contributed by atoms with Crippen molar-refractivity contribution in [1.82, 2.24) is 0 Å². The molecule has 350 valence electrons. The van der Waals surface area contributed by atoms with E-state index in [9.17, 15) is 0 Å². The van der Waals surface area contributed by atoms with Crippen molar-refractivity contribution in [2.75, 3.05) is 9.80 Å². The summed E-state index contributed by atoms with van der Waals surface area (Å²) in [7, 11) is 0. The minimum atomic E-state index is 0.261. The van der Waals surface area contributed by atoms with Gasteiger partial charge in [-0.3, -0.25) is 0 Å². The van der Waals surface area contributed by atoms with Crippen molar-refractivity contribution in [3.05, 3.63) is 240 Å². The summed E-state index contributed by atoms with van der Waals surface area (Å²) in [6, 6.07) is 77.6. The molecule has 72 heavy (non-hydrogen) atoms. The Morgan fingerprint density at radius 2 is 0.653 bits per heavy atom. The summed E-state index contributed by atoms with van der Waals surface area (Å²) in [4.78, 5) is 5.16. The number of nitrogens with zero attached hydrogens (tertiary/aromatic N) is 2. The van der Waals surface area contributed by atoms with E-state index in [1.165, 1.54) is 132 Å². The Morgan fingerprint density at radius 3 is 1.03 bits per heavy atom. The summed E-state index contributed by atoms with van der Waals surface area (Å²) >= 11 is 0. The molecule has 0 fully saturated rings. The van der Waals surface area contributed by atoms with Crippen molar-refractivity contribution in [3.8, 4) is 22.3 Å². The van der Waals surface area contributed by atoms with Crippen LogP contribution in [-0.4, -0.2) is 0 Å². The molecule has 0 aliphatic rings. The summed E-state index contributed by atoms with van der Waals surface area (Å²) < 4.78 is 0. The second-order valence-electron chi connectivity index (χ2n) is 20.8. The van der Waals surface area contributed by atoms with Gasteiger partial charge in [-0.25, -0.2) is 0 Å². The van der Waals surface area contributed by atoms with Gasteiger partial charge in [0, 0.05) is 32.9 Å². The molecule has 0 saturated carbocycles. The van der Waals surface area contributed by atoms with Gasteiger partial charge in [0.25, 0.3) is 0 Å². The van der Waals surface area contributed by atoms with Crippen molar-refractivity contribution in [1.29, 1.82) is 0 Å². The smallest absolute Gasteiger partial charge is 0.0569 e. The summed E-state index contributed by atoms with van der Waals surface area (Å²) in [5.74, 6) is 0.522. The highest BCUT2D eigenvalue weighted by atomic mass is 15.2. The summed E-state index contributed by atoms with van der Waals surface area (Å²) in [5.41, 5.74) is 19.5. The highest BCUT2D eigenvalue weighted by Crippen LogP contribution is 2.53. The Labute approximate surface area is 424 Å². The normalized spacial score (nSPS) is 11.9. The Hall–Kier alpha value is -8.20. The number of aryl methyl sites for hydroxylation is 4. The van der Waals surface area contributed by atoms with E-state index >= 15 is 0 Å². The van der Waals surface area contributed by atoms with Crippen LogP contribution in [-0.2, 0) is 0 Å². The van der Waals surface area contributed by atoms with Crippen molar-refractivity contribution in [3.63, 3.8) is 0 Å². The molecule has 12 rings (SSSR count). The Kier molecular flexibility index (Phi) is 11.2. The van der Waals surface area contributed by atoms with Gasteiger partial charge in [0.15, 0.2) is 0 Å². The molecule has 0 radical (unpaired) electrons. The van der Waals surface area contributed by atoms with E-state index in [2.05, 4.69) is 271 Å². The van der Waals surface area contributed by atoms with Crippen molar-refractivity contribution >= 4 is 88.0 Å². The molecule has 12 aromatic rings. The number of rotatable bonds is 10. The average Bonchev–Trinajstić information content (AvgIpc) is 3.40. The van der Waals surface area contributed by atoms with Gasteiger partial charge in [-0.1, -0.05) is 197 Å². The fraction of sp³-hybridized carbons (Fsp3) is 0.143. The first kappa shape index (κ1) is 45.0. The third-order valence-corrected chi connectivity index (χ3v) is 15.3. The van der Waals surface area contributed by atoms with Crippen LogP contribution in [0.1, 0.15) is 72.9 Å². The predicted octanol–water partition coefficient (Wildman–Crippen LogP) is 20.6. The lowest BCUT2D eigenvalue weighted by Gasteiger charge is -2.33. The topological polar surface area (TPSA) is 6.48 Å². The van der Waals surface area contributed by atoms with Gasteiger partial charge in [-0.2, -0.15) is 0 Å². The zero-order chi connectivity index (χ0) is 49.4. The van der Waals surface area contributed by atoms with Crippen LogP contribution < -0.4 is 9.80 Å². The Morgan fingerprint density at radius 1 is 0.306 bits per heavy atom. The first-order chi connectivity index (χ1) is 35.0. The highest BCUT2D eigenvalue weighted by molar-refractivity contribution is 6.30. The molecule has 0 unspecified atom stereocenters. The van der Waals surface area contributed by atoms with Crippen LogP contribution in [0.15, 0.2) is 206 Å². The van der Waals surface area contributed by atoms with Gasteiger partial charge in [0.2, 0.25) is 0 Å². The zero-order valence-corrected chi connectivity index (χ0v) is 42.7.